The number of halogens is 1. The van der Waals surface area contributed by atoms with Crippen molar-refractivity contribution in [1.29, 1.82) is 0 Å². The number of nitrogens with zero attached hydrogens (tertiary/aromatic N) is 2. The SMILES string of the molecule is Cc1ncccc1NC(=O)c1cc(Cl)nc(NN)c1. The minimum Gasteiger partial charge on any atom is -0.320 e. The van der Waals surface area contributed by atoms with Gasteiger partial charge in [-0.15, -0.1) is 0 Å². The molecule has 0 aliphatic heterocycles. The molecule has 98 valence electrons. The van der Waals surface area contributed by atoms with Crippen molar-refractivity contribution in [2.45, 2.75) is 6.92 Å². The molecule has 0 aromatic carbocycles. The number of carbonyl (C=O) groups is 1. The molecule has 0 fully saturated rings. The Hall–Kier alpha value is -2.18. The number of nitrogens with two attached hydrogens (primary N) is 1. The lowest BCUT2D eigenvalue weighted by molar-refractivity contribution is 0.102. The maximum atomic E-state index is 12.1. The van der Waals surface area contributed by atoms with Crippen molar-refractivity contribution in [3.63, 3.8) is 0 Å². The van der Waals surface area contributed by atoms with Crippen molar-refractivity contribution in [1.82, 2.24) is 9.97 Å². The number of aromatic nitrogens is 2. The summed E-state index contributed by atoms with van der Waals surface area (Å²) in [5, 5.41) is 2.93. The van der Waals surface area contributed by atoms with Crippen molar-refractivity contribution >= 4 is 29.0 Å². The summed E-state index contributed by atoms with van der Waals surface area (Å²) >= 11 is 5.81. The summed E-state index contributed by atoms with van der Waals surface area (Å²) in [4.78, 5) is 20.1. The van der Waals surface area contributed by atoms with Gasteiger partial charge in [-0.2, -0.15) is 0 Å². The molecule has 2 aromatic heterocycles. The van der Waals surface area contributed by atoms with E-state index in [0.717, 1.165) is 5.69 Å². The van der Waals surface area contributed by atoms with E-state index in [2.05, 4.69) is 20.7 Å². The lowest BCUT2D eigenvalue weighted by Gasteiger charge is -2.08. The molecule has 0 saturated heterocycles. The predicted octanol–water partition coefficient (Wildman–Crippen LogP) is 1.98. The topological polar surface area (TPSA) is 92.9 Å². The quantitative estimate of drug-likeness (QED) is 0.453. The van der Waals surface area contributed by atoms with E-state index in [9.17, 15) is 4.79 Å². The molecule has 0 saturated carbocycles. The molecule has 0 aliphatic rings. The molecule has 4 N–H and O–H groups in total. The number of amides is 1. The number of nitrogens with one attached hydrogen (secondary N) is 2. The predicted molar refractivity (Wildman–Crippen MR) is 74.0 cm³/mol. The van der Waals surface area contributed by atoms with Crippen LogP contribution in [0.4, 0.5) is 11.5 Å². The molecule has 2 heterocycles. The number of carbonyl (C=O) groups excluding carboxylic acids is 1. The Morgan fingerprint density at radius 3 is 2.89 bits per heavy atom. The number of nitrogen functional groups attached to an aromatic ring is 1. The van der Waals surface area contributed by atoms with E-state index >= 15 is 0 Å². The highest BCUT2D eigenvalue weighted by Crippen LogP contribution is 2.16. The van der Waals surface area contributed by atoms with Crippen LogP contribution in [0.3, 0.4) is 0 Å². The zero-order chi connectivity index (χ0) is 13.8. The first-order chi connectivity index (χ1) is 9.10. The lowest BCUT2D eigenvalue weighted by Crippen LogP contribution is -2.15. The van der Waals surface area contributed by atoms with Crippen LogP contribution in [-0.2, 0) is 0 Å². The first-order valence-corrected chi connectivity index (χ1v) is 5.85. The van der Waals surface area contributed by atoms with Gasteiger partial charge in [0.05, 0.1) is 11.4 Å². The minimum atomic E-state index is -0.308. The van der Waals surface area contributed by atoms with Crippen LogP contribution in [0.1, 0.15) is 16.1 Å². The van der Waals surface area contributed by atoms with E-state index in [1.807, 2.05) is 6.92 Å². The molecular formula is C12H12ClN5O. The number of rotatable bonds is 3. The second kappa shape index (κ2) is 5.64. The van der Waals surface area contributed by atoms with Crippen LogP contribution in [0.25, 0.3) is 0 Å². The largest absolute Gasteiger partial charge is 0.320 e. The smallest absolute Gasteiger partial charge is 0.255 e. The molecule has 19 heavy (non-hydrogen) atoms. The second-order valence-corrected chi connectivity index (χ2v) is 4.19. The van der Waals surface area contributed by atoms with Crippen LogP contribution in [0.15, 0.2) is 30.5 Å². The van der Waals surface area contributed by atoms with Crippen LogP contribution >= 0.6 is 11.6 Å². The van der Waals surface area contributed by atoms with Crippen LogP contribution in [0, 0.1) is 6.92 Å². The fourth-order valence-electron chi connectivity index (χ4n) is 1.51. The van der Waals surface area contributed by atoms with E-state index in [1.165, 1.54) is 12.1 Å². The first kappa shape index (κ1) is 13.3. The fourth-order valence-corrected chi connectivity index (χ4v) is 1.72. The van der Waals surface area contributed by atoms with Crippen molar-refractivity contribution in [3.05, 3.63) is 46.9 Å². The van der Waals surface area contributed by atoms with Gasteiger partial charge >= 0.3 is 0 Å². The summed E-state index contributed by atoms with van der Waals surface area (Å²) < 4.78 is 0. The first-order valence-electron chi connectivity index (χ1n) is 5.47. The van der Waals surface area contributed by atoms with Crippen molar-refractivity contribution in [3.8, 4) is 0 Å². The van der Waals surface area contributed by atoms with Crippen molar-refractivity contribution in [2.75, 3.05) is 10.7 Å². The monoisotopic (exact) mass is 277 g/mol. The van der Waals surface area contributed by atoms with Crippen molar-refractivity contribution in [2.24, 2.45) is 5.84 Å². The number of hydrogen-bond donors (Lipinski definition) is 3. The molecule has 0 unspecified atom stereocenters. The van der Waals surface area contributed by atoms with E-state index < -0.39 is 0 Å². The number of pyridine rings is 2. The average molecular weight is 278 g/mol. The Morgan fingerprint density at radius 1 is 1.42 bits per heavy atom. The van der Waals surface area contributed by atoms with Gasteiger partial charge in [0.25, 0.3) is 5.91 Å². The average Bonchev–Trinajstić information content (AvgIpc) is 2.40. The molecule has 6 nitrogen and oxygen atoms in total. The van der Waals surface area contributed by atoms with Gasteiger partial charge < -0.3 is 10.7 Å². The zero-order valence-corrected chi connectivity index (χ0v) is 10.9. The van der Waals surface area contributed by atoms with Gasteiger partial charge in [0, 0.05) is 11.8 Å². The number of hydrazine groups is 1. The maximum absolute atomic E-state index is 12.1. The zero-order valence-electron chi connectivity index (χ0n) is 10.1. The molecule has 0 radical (unpaired) electrons. The Bertz CT molecular complexity index is 617. The van der Waals surface area contributed by atoms with E-state index in [0.29, 0.717) is 17.1 Å². The highest BCUT2D eigenvalue weighted by atomic mass is 35.5. The third-order valence-electron chi connectivity index (χ3n) is 2.46. The third-order valence-corrected chi connectivity index (χ3v) is 2.65. The number of hydrogen-bond acceptors (Lipinski definition) is 5. The fraction of sp³-hybridized carbons (Fsp3) is 0.0833. The summed E-state index contributed by atoms with van der Waals surface area (Å²) in [5.74, 6) is 5.26. The van der Waals surface area contributed by atoms with E-state index in [-0.39, 0.29) is 11.1 Å². The number of anilines is 2. The minimum absolute atomic E-state index is 0.184. The Kier molecular flexibility index (Phi) is 3.94. The highest BCUT2D eigenvalue weighted by molar-refractivity contribution is 6.30. The van der Waals surface area contributed by atoms with Gasteiger partial charge in [-0.3, -0.25) is 9.78 Å². The Morgan fingerprint density at radius 2 is 2.21 bits per heavy atom. The van der Waals surface area contributed by atoms with Crippen molar-refractivity contribution < 1.29 is 4.79 Å². The molecular weight excluding hydrogens is 266 g/mol. The summed E-state index contributed by atoms with van der Waals surface area (Å²) in [6.07, 6.45) is 1.66. The summed E-state index contributed by atoms with van der Waals surface area (Å²) in [6, 6.07) is 6.48. The molecule has 2 rings (SSSR count). The normalized spacial score (nSPS) is 10.1. The van der Waals surface area contributed by atoms with Gasteiger partial charge in [-0.25, -0.2) is 10.8 Å². The summed E-state index contributed by atoms with van der Waals surface area (Å²) in [7, 11) is 0. The second-order valence-electron chi connectivity index (χ2n) is 3.80. The van der Waals surface area contributed by atoms with Crippen LogP contribution < -0.4 is 16.6 Å². The van der Waals surface area contributed by atoms with Crippen LogP contribution in [-0.4, -0.2) is 15.9 Å². The molecule has 0 atom stereocenters. The van der Waals surface area contributed by atoms with Crippen LogP contribution in [0.2, 0.25) is 5.15 Å². The maximum Gasteiger partial charge on any atom is 0.255 e. The molecule has 0 bridgehead atoms. The highest BCUT2D eigenvalue weighted by Gasteiger charge is 2.10. The van der Waals surface area contributed by atoms with Crippen LogP contribution in [0.5, 0.6) is 0 Å². The summed E-state index contributed by atoms with van der Waals surface area (Å²) in [6.45, 7) is 1.81. The van der Waals surface area contributed by atoms with Gasteiger partial charge in [-0.05, 0) is 31.2 Å². The molecule has 7 heteroatoms. The summed E-state index contributed by atoms with van der Waals surface area (Å²) in [5.41, 5.74) is 4.08. The van der Waals surface area contributed by atoms with Gasteiger partial charge in [0.2, 0.25) is 0 Å². The standard InChI is InChI=1S/C12H12ClN5O/c1-7-9(3-2-4-15-7)16-12(19)8-5-10(13)17-11(6-8)18-14/h2-6H,14H2,1H3,(H,16,19)(H,17,18). The molecule has 0 spiro atoms. The van der Waals surface area contributed by atoms with Gasteiger partial charge in [0.15, 0.2) is 0 Å². The number of aryl methyl sites for hydroxylation is 1. The van der Waals surface area contributed by atoms with Gasteiger partial charge in [0.1, 0.15) is 11.0 Å². The lowest BCUT2D eigenvalue weighted by atomic mass is 10.2. The molecule has 0 aliphatic carbocycles. The Balaban J connectivity index is 2.25. The van der Waals surface area contributed by atoms with E-state index in [1.54, 1.807) is 18.3 Å². The molecule has 1 amide bonds. The Labute approximate surface area is 115 Å². The van der Waals surface area contributed by atoms with Gasteiger partial charge in [-0.1, -0.05) is 11.6 Å². The third kappa shape index (κ3) is 3.18. The van der Waals surface area contributed by atoms with E-state index in [4.69, 9.17) is 17.4 Å². The molecule has 2 aromatic rings.